The molecule has 1 heterocycles. The van der Waals surface area contributed by atoms with Crippen LogP contribution in [0.2, 0.25) is 0 Å². The van der Waals surface area contributed by atoms with Gasteiger partial charge in [0.2, 0.25) is 11.8 Å². The fourth-order valence-corrected chi connectivity index (χ4v) is 6.47. The van der Waals surface area contributed by atoms with Crippen molar-refractivity contribution in [2.24, 2.45) is 11.8 Å². The number of ether oxygens (including phenoxy) is 1. The summed E-state index contributed by atoms with van der Waals surface area (Å²) in [5, 5.41) is 2.69. The largest absolute Gasteiger partial charge is 0.454 e. The van der Waals surface area contributed by atoms with Gasteiger partial charge in [0.1, 0.15) is 6.04 Å². The number of anilines is 1. The summed E-state index contributed by atoms with van der Waals surface area (Å²) in [6, 6.07) is 22.2. The van der Waals surface area contributed by atoms with Crippen molar-refractivity contribution in [2.75, 3.05) is 11.9 Å². The van der Waals surface area contributed by atoms with E-state index in [0.717, 1.165) is 39.1 Å². The van der Waals surface area contributed by atoms with Gasteiger partial charge in [-0.05, 0) is 53.3 Å². The number of aryl methyl sites for hydroxylation is 1. The smallest absolute Gasteiger partial charge is 0.329 e. The van der Waals surface area contributed by atoms with Gasteiger partial charge in [-0.1, -0.05) is 67.6 Å². The zero-order chi connectivity index (χ0) is 26.6. The Balaban J connectivity index is 1.19. The third kappa shape index (κ3) is 3.64. The number of hydrogen-bond donors (Lipinski definition) is 1. The van der Waals surface area contributed by atoms with Gasteiger partial charge in [0, 0.05) is 17.5 Å². The van der Waals surface area contributed by atoms with Gasteiger partial charge in [0.25, 0.3) is 5.91 Å². The van der Waals surface area contributed by atoms with Gasteiger partial charge in [-0.2, -0.15) is 0 Å². The summed E-state index contributed by atoms with van der Waals surface area (Å²) in [6.07, 6.45) is 0.888. The molecular formula is C31H28N2O5. The molecule has 7 rings (SSSR count). The maximum Gasteiger partial charge on any atom is 0.329 e. The lowest BCUT2D eigenvalue weighted by molar-refractivity contribution is -0.159. The predicted octanol–water partition coefficient (Wildman–Crippen LogP) is 4.01. The van der Waals surface area contributed by atoms with Gasteiger partial charge in [-0.15, -0.1) is 0 Å². The van der Waals surface area contributed by atoms with Gasteiger partial charge < -0.3 is 10.1 Å². The van der Waals surface area contributed by atoms with Crippen molar-refractivity contribution < 1.29 is 23.9 Å². The van der Waals surface area contributed by atoms with E-state index < -0.39 is 36.4 Å². The molecule has 2 bridgehead atoms. The first-order valence-electron chi connectivity index (χ1n) is 13.0. The maximum atomic E-state index is 13.8. The lowest BCUT2D eigenvalue weighted by Crippen LogP contribution is -2.45. The minimum absolute atomic E-state index is 0.244. The molecule has 38 heavy (non-hydrogen) atoms. The van der Waals surface area contributed by atoms with Gasteiger partial charge in [-0.25, -0.2) is 4.79 Å². The summed E-state index contributed by atoms with van der Waals surface area (Å²) >= 11 is 0. The molecule has 7 heteroatoms. The van der Waals surface area contributed by atoms with Crippen LogP contribution in [0.1, 0.15) is 53.5 Å². The number of imide groups is 1. The van der Waals surface area contributed by atoms with Crippen molar-refractivity contribution in [3.63, 3.8) is 0 Å². The lowest BCUT2D eigenvalue weighted by atomic mass is 9.55. The second-order valence-electron chi connectivity index (χ2n) is 10.2. The third-order valence-corrected chi connectivity index (χ3v) is 8.20. The summed E-state index contributed by atoms with van der Waals surface area (Å²) < 4.78 is 5.24. The zero-order valence-electron chi connectivity index (χ0n) is 21.2. The van der Waals surface area contributed by atoms with Crippen LogP contribution in [-0.2, 0) is 30.3 Å². The van der Waals surface area contributed by atoms with Crippen LogP contribution in [0.3, 0.4) is 0 Å². The molecule has 3 aromatic rings. The molecule has 7 nitrogen and oxygen atoms in total. The van der Waals surface area contributed by atoms with Gasteiger partial charge in [0.05, 0.1) is 11.8 Å². The number of amides is 3. The summed E-state index contributed by atoms with van der Waals surface area (Å²) in [7, 11) is 0. The topological polar surface area (TPSA) is 92.8 Å². The van der Waals surface area contributed by atoms with Crippen LogP contribution in [-0.4, -0.2) is 41.2 Å². The zero-order valence-corrected chi connectivity index (χ0v) is 21.2. The fraction of sp³-hybridized carbons (Fsp3) is 0.290. The number of likely N-dealkylation sites (tertiary alicyclic amines) is 1. The molecule has 192 valence electrons. The molecule has 3 aromatic carbocycles. The van der Waals surface area contributed by atoms with E-state index in [4.69, 9.17) is 4.74 Å². The number of nitrogens with zero attached hydrogens (tertiary/aromatic N) is 1. The van der Waals surface area contributed by atoms with Crippen molar-refractivity contribution in [3.05, 3.63) is 101 Å². The highest BCUT2D eigenvalue weighted by atomic mass is 16.5. The van der Waals surface area contributed by atoms with Gasteiger partial charge in [0.15, 0.2) is 6.61 Å². The van der Waals surface area contributed by atoms with Crippen molar-refractivity contribution in [3.8, 4) is 0 Å². The van der Waals surface area contributed by atoms with E-state index in [1.165, 1.54) is 6.92 Å². The van der Waals surface area contributed by atoms with Crippen molar-refractivity contribution in [2.45, 2.75) is 38.1 Å². The van der Waals surface area contributed by atoms with Crippen LogP contribution in [0.25, 0.3) is 0 Å². The Hall–Kier alpha value is -4.26. The lowest BCUT2D eigenvalue weighted by Gasteiger charge is -2.45. The molecule has 3 amide bonds. The van der Waals surface area contributed by atoms with Crippen LogP contribution < -0.4 is 5.32 Å². The average Bonchev–Trinajstić information content (AvgIpc) is 3.21. The SMILES string of the molecule is CCc1ccc(NC(=O)COC(=O)[C@H](C)N2C(=O)[C@@H]3C4c5ccccc5C(c5ccccc54)[C@H]3C2=O)cc1. The number of hydrogen-bond acceptors (Lipinski definition) is 5. The number of carbonyl (C=O) groups excluding carboxylic acids is 4. The first-order valence-corrected chi connectivity index (χ1v) is 13.0. The molecule has 1 aliphatic heterocycles. The summed E-state index contributed by atoms with van der Waals surface area (Å²) in [6.45, 7) is 3.02. The molecule has 0 spiro atoms. The maximum absolute atomic E-state index is 13.8. The first kappa shape index (κ1) is 24.1. The van der Waals surface area contributed by atoms with E-state index in [0.29, 0.717) is 5.69 Å². The van der Waals surface area contributed by atoms with Crippen LogP contribution in [0.15, 0.2) is 72.8 Å². The van der Waals surface area contributed by atoms with E-state index >= 15 is 0 Å². The second-order valence-corrected chi connectivity index (χ2v) is 10.2. The quantitative estimate of drug-likeness (QED) is 0.401. The number of rotatable bonds is 6. The van der Waals surface area contributed by atoms with Crippen molar-refractivity contribution in [1.82, 2.24) is 4.90 Å². The van der Waals surface area contributed by atoms with E-state index in [1.54, 1.807) is 12.1 Å². The molecule has 3 atom stereocenters. The highest BCUT2D eigenvalue weighted by Crippen LogP contribution is 2.61. The highest BCUT2D eigenvalue weighted by molar-refractivity contribution is 6.10. The standard InChI is InChI=1S/C31H28N2O5/c1-3-18-12-14-19(15-13-18)32-24(34)16-38-31(37)17(2)33-29(35)27-25-20-8-4-5-9-21(20)26(28(27)30(33)36)23-11-7-6-10-22(23)25/h4-15,17,25-28H,3,16H2,1-2H3,(H,32,34)/t17-,25?,26?,27+,28+/m0/s1. The van der Waals surface area contributed by atoms with Crippen molar-refractivity contribution in [1.29, 1.82) is 0 Å². The van der Waals surface area contributed by atoms with Gasteiger partial charge >= 0.3 is 5.97 Å². The summed E-state index contributed by atoms with van der Waals surface area (Å²) in [4.78, 5) is 53.9. The minimum atomic E-state index is -1.14. The highest BCUT2D eigenvalue weighted by Gasteiger charge is 2.62. The summed E-state index contributed by atoms with van der Waals surface area (Å²) in [5.41, 5.74) is 6.01. The Morgan fingerprint density at radius 1 is 0.816 bits per heavy atom. The molecule has 0 aromatic heterocycles. The first-order chi connectivity index (χ1) is 18.4. The second kappa shape index (κ2) is 9.24. The number of nitrogens with one attached hydrogen (secondary N) is 1. The molecule has 0 saturated carbocycles. The Bertz CT molecular complexity index is 1350. The van der Waals surface area contributed by atoms with E-state index in [1.807, 2.05) is 67.6 Å². The monoisotopic (exact) mass is 508 g/mol. The molecule has 0 unspecified atom stereocenters. The predicted molar refractivity (Wildman–Crippen MR) is 140 cm³/mol. The number of carbonyl (C=O) groups is 4. The average molecular weight is 509 g/mol. The Morgan fingerprint density at radius 2 is 1.29 bits per heavy atom. The Morgan fingerprint density at radius 3 is 1.74 bits per heavy atom. The number of benzene rings is 3. The molecular weight excluding hydrogens is 480 g/mol. The molecule has 3 aliphatic carbocycles. The normalized spacial score (nSPS) is 23.4. The van der Waals surface area contributed by atoms with Crippen LogP contribution in [0.5, 0.6) is 0 Å². The molecule has 1 saturated heterocycles. The van der Waals surface area contributed by atoms with Crippen LogP contribution >= 0.6 is 0 Å². The van der Waals surface area contributed by atoms with E-state index in [-0.39, 0.29) is 23.7 Å². The summed E-state index contributed by atoms with van der Waals surface area (Å²) in [5.74, 6) is -3.62. The fourth-order valence-electron chi connectivity index (χ4n) is 6.47. The van der Waals surface area contributed by atoms with Crippen LogP contribution in [0.4, 0.5) is 5.69 Å². The molecule has 1 fully saturated rings. The van der Waals surface area contributed by atoms with E-state index in [9.17, 15) is 19.2 Å². The van der Waals surface area contributed by atoms with Crippen molar-refractivity contribution >= 4 is 29.4 Å². The molecule has 0 radical (unpaired) electrons. The van der Waals surface area contributed by atoms with E-state index in [2.05, 4.69) is 5.32 Å². The third-order valence-electron chi connectivity index (χ3n) is 8.20. The molecule has 4 aliphatic rings. The number of esters is 1. The Kier molecular flexibility index (Phi) is 5.86. The van der Waals surface area contributed by atoms with Crippen LogP contribution in [0, 0.1) is 11.8 Å². The minimum Gasteiger partial charge on any atom is -0.454 e. The molecule has 1 N–H and O–H groups in total. The van der Waals surface area contributed by atoms with Gasteiger partial charge in [-0.3, -0.25) is 19.3 Å². The Labute approximate surface area is 220 Å².